The molecular formula is C9H12FN3O4S. The summed E-state index contributed by atoms with van der Waals surface area (Å²) in [4.78, 5) is 10.0. The van der Waals surface area contributed by atoms with Gasteiger partial charge in [0, 0.05) is 25.2 Å². The van der Waals surface area contributed by atoms with Crippen LogP contribution >= 0.6 is 0 Å². The van der Waals surface area contributed by atoms with Crippen molar-refractivity contribution in [3.8, 4) is 0 Å². The standard InChI is InChI=1S/C9H12FN3O4S/c1-18(16,17)12-5-4-11-8-6-7(10)2-3-9(8)13(14)15/h2-3,6,11-12H,4-5H2,1H3. The van der Waals surface area contributed by atoms with Crippen molar-refractivity contribution >= 4 is 21.4 Å². The van der Waals surface area contributed by atoms with E-state index in [1.54, 1.807) is 0 Å². The Morgan fingerprint density at radius 1 is 1.39 bits per heavy atom. The van der Waals surface area contributed by atoms with Crippen LogP contribution in [0.3, 0.4) is 0 Å². The Morgan fingerprint density at radius 3 is 2.61 bits per heavy atom. The molecule has 100 valence electrons. The fourth-order valence-electron chi connectivity index (χ4n) is 1.24. The number of anilines is 1. The topological polar surface area (TPSA) is 101 Å². The molecule has 0 aliphatic rings. The number of hydrogen-bond acceptors (Lipinski definition) is 5. The number of rotatable bonds is 6. The van der Waals surface area contributed by atoms with E-state index in [0.717, 1.165) is 24.5 Å². The molecule has 0 aliphatic carbocycles. The molecule has 0 radical (unpaired) electrons. The molecule has 0 fully saturated rings. The summed E-state index contributed by atoms with van der Waals surface area (Å²) < 4.78 is 36.7. The molecule has 0 unspecified atom stereocenters. The van der Waals surface area contributed by atoms with Gasteiger partial charge in [-0.15, -0.1) is 0 Å². The van der Waals surface area contributed by atoms with Crippen LogP contribution in [0, 0.1) is 15.9 Å². The number of hydrogen-bond donors (Lipinski definition) is 2. The highest BCUT2D eigenvalue weighted by atomic mass is 32.2. The van der Waals surface area contributed by atoms with Crippen LogP contribution in [0.1, 0.15) is 0 Å². The molecule has 7 nitrogen and oxygen atoms in total. The van der Waals surface area contributed by atoms with Gasteiger partial charge in [0.05, 0.1) is 11.2 Å². The highest BCUT2D eigenvalue weighted by Crippen LogP contribution is 2.24. The first kappa shape index (κ1) is 14.3. The van der Waals surface area contributed by atoms with Gasteiger partial charge in [0.2, 0.25) is 10.0 Å². The summed E-state index contributed by atoms with van der Waals surface area (Å²) in [5.74, 6) is -0.612. The van der Waals surface area contributed by atoms with E-state index in [0.29, 0.717) is 0 Å². The van der Waals surface area contributed by atoms with Crippen molar-refractivity contribution in [2.75, 3.05) is 24.7 Å². The fourth-order valence-corrected chi connectivity index (χ4v) is 1.72. The van der Waals surface area contributed by atoms with Gasteiger partial charge in [-0.05, 0) is 6.07 Å². The van der Waals surface area contributed by atoms with Crippen LogP contribution in [0.15, 0.2) is 18.2 Å². The van der Waals surface area contributed by atoms with Gasteiger partial charge in [0.15, 0.2) is 0 Å². The van der Waals surface area contributed by atoms with Gasteiger partial charge in [-0.3, -0.25) is 10.1 Å². The zero-order valence-corrected chi connectivity index (χ0v) is 10.3. The number of nitrogens with zero attached hydrogens (tertiary/aromatic N) is 1. The Balaban J connectivity index is 2.66. The Hall–Kier alpha value is -1.74. The van der Waals surface area contributed by atoms with Crippen LogP contribution in [-0.2, 0) is 10.0 Å². The van der Waals surface area contributed by atoms with Gasteiger partial charge in [0.25, 0.3) is 5.69 Å². The Morgan fingerprint density at radius 2 is 2.06 bits per heavy atom. The van der Waals surface area contributed by atoms with Crippen molar-refractivity contribution in [1.29, 1.82) is 0 Å². The summed E-state index contributed by atoms with van der Waals surface area (Å²) in [6.45, 7) is 0.157. The van der Waals surface area contributed by atoms with Crippen molar-refractivity contribution in [3.63, 3.8) is 0 Å². The van der Waals surface area contributed by atoms with Gasteiger partial charge < -0.3 is 5.32 Å². The van der Waals surface area contributed by atoms with Gasteiger partial charge >= 0.3 is 0 Å². The van der Waals surface area contributed by atoms with Crippen LogP contribution in [0.25, 0.3) is 0 Å². The third-order valence-corrected chi connectivity index (χ3v) is 2.69. The molecule has 2 N–H and O–H groups in total. The maximum absolute atomic E-state index is 12.9. The minimum atomic E-state index is -3.31. The fraction of sp³-hybridized carbons (Fsp3) is 0.333. The maximum atomic E-state index is 12.9. The lowest BCUT2D eigenvalue weighted by Gasteiger charge is -2.07. The van der Waals surface area contributed by atoms with Crippen molar-refractivity contribution in [1.82, 2.24) is 4.72 Å². The highest BCUT2D eigenvalue weighted by Gasteiger charge is 2.13. The maximum Gasteiger partial charge on any atom is 0.292 e. The monoisotopic (exact) mass is 277 g/mol. The lowest BCUT2D eigenvalue weighted by atomic mass is 10.2. The van der Waals surface area contributed by atoms with E-state index < -0.39 is 20.8 Å². The van der Waals surface area contributed by atoms with Crippen LogP contribution in [0.4, 0.5) is 15.8 Å². The lowest BCUT2D eigenvalue weighted by Crippen LogP contribution is -2.27. The van der Waals surface area contributed by atoms with E-state index in [1.807, 2.05) is 0 Å². The van der Waals surface area contributed by atoms with Crippen molar-refractivity contribution in [3.05, 3.63) is 34.1 Å². The largest absolute Gasteiger partial charge is 0.378 e. The predicted octanol–water partition coefficient (Wildman–Crippen LogP) is 0.695. The molecule has 0 saturated carbocycles. The van der Waals surface area contributed by atoms with Crippen molar-refractivity contribution in [2.45, 2.75) is 0 Å². The van der Waals surface area contributed by atoms with Gasteiger partial charge in [-0.1, -0.05) is 0 Å². The zero-order chi connectivity index (χ0) is 13.8. The molecule has 0 spiro atoms. The van der Waals surface area contributed by atoms with Gasteiger partial charge in [-0.25, -0.2) is 17.5 Å². The Kier molecular flexibility index (Phi) is 4.56. The average molecular weight is 277 g/mol. The molecule has 0 aromatic heterocycles. The lowest BCUT2D eigenvalue weighted by molar-refractivity contribution is -0.384. The quantitative estimate of drug-likeness (QED) is 0.452. The average Bonchev–Trinajstić information content (AvgIpc) is 2.22. The van der Waals surface area contributed by atoms with Gasteiger partial charge in [0.1, 0.15) is 11.5 Å². The molecule has 0 heterocycles. The number of nitro benzene ring substituents is 1. The first-order chi connectivity index (χ1) is 8.29. The predicted molar refractivity (Wildman–Crippen MR) is 64.4 cm³/mol. The number of nitro groups is 1. The molecular weight excluding hydrogens is 265 g/mol. The van der Waals surface area contributed by atoms with E-state index in [-0.39, 0.29) is 24.5 Å². The molecule has 0 atom stereocenters. The molecule has 18 heavy (non-hydrogen) atoms. The number of sulfonamides is 1. The summed E-state index contributed by atoms with van der Waals surface area (Å²) in [6, 6.07) is 3.01. The van der Waals surface area contributed by atoms with Gasteiger partial charge in [-0.2, -0.15) is 0 Å². The number of benzene rings is 1. The minimum absolute atomic E-state index is 0.00954. The molecule has 1 aromatic rings. The smallest absolute Gasteiger partial charge is 0.292 e. The molecule has 9 heteroatoms. The summed E-state index contributed by atoms with van der Waals surface area (Å²) >= 11 is 0. The van der Waals surface area contributed by atoms with Crippen LogP contribution < -0.4 is 10.0 Å². The van der Waals surface area contributed by atoms with E-state index in [2.05, 4.69) is 10.0 Å². The zero-order valence-electron chi connectivity index (χ0n) is 9.51. The number of nitrogens with one attached hydrogen (secondary N) is 2. The van der Waals surface area contributed by atoms with Crippen molar-refractivity contribution < 1.29 is 17.7 Å². The summed E-state index contributed by atoms with van der Waals surface area (Å²) in [5.41, 5.74) is -0.258. The summed E-state index contributed by atoms with van der Waals surface area (Å²) in [6.07, 6.45) is 0.998. The van der Waals surface area contributed by atoms with E-state index in [4.69, 9.17) is 0 Å². The molecule has 1 rings (SSSR count). The van der Waals surface area contributed by atoms with E-state index in [1.165, 1.54) is 0 Å². The second-order valence-corrected chi connectivity index (χ2v) is 5.34. The van der Waals surface area contributed by atoms with Crippen LogP contribution in [0.2, 0.25) is 0 Å². The summed E-state index contributed by atoms with van der Waals surface area (Å²) in [7, 11) is -3.31. The molecule has 0 aliphatic heterocycles. The second-order valence-electron chi connectivity index (χ2n) is 3.51. The molecule has 0 saturated heterocycles. The third-order valence-electron chi connectivity index (χ3n) is 1.96. The van der Waals surface area contributed by atoms with E-state index in [9.17, 15) is 22.9 Å². The second kappa shape index (κ2) is 5.74. The third kappa shape index (κ3) is 4.63. The Bertz CT molecular complexity index is 547. The molecule has 1 aromatic carbocycles. The first-order valence-corrected chi connectivity index (χ1v) is 6.81. The summed E-state index contributed by atoms with van der Waals surface area (Å²) in [5, 5.41) is 13.3. The minimum Gasteiger partial charge on any atom is -0.378 e. The SMILES string of the molecule is CS(=O)(=O)NCCNc1cc(F)ccc1[N+](=O)[O-]. The molecule has 0 amide bonds. The highest BCUT2D eigenvalue weighted by molar-refractivity contribution is 7.88. The number of halogens is 1. The van der Waals surface area contributed by atoms with Crippen molar-refractivity contribution in [2.24, 2.45) is 0 Å². The molecule has 0 bridgehead atoms. The first-order valence-electron chi connectivity index (χ1n) is 4.92. The normalized spacial score (nSPS) is 11.2. The van der Waals surface area contributed by atoms with E-state index >= 15 is 0 Å². The van der Waals surface area contributed by atoms with Crippen LogP contribution in [-0.4, -0.2) is 32.7 Å². The van der Waals surface area contributed by atoms with Crippen LogP contribution in [0.5, 0.6) is 0 Å². The Labute approximate surface area is 103 Å².